The van der Waals surface area contributed by atoms with Crippen LogP contribution >= 0.6 is 11.3 Å². The van der Waals surface area contributed by atoms with Gasteiger partial charge in [0.25, 0.3) is 0 Å². The third kappa shape index (κ3) is 6.50. The highest BCUT2D eigenvalue weighted by molar-refractivity contribution is 7.09. The number of carbonyl (C=O) groups excluding carboxylic acids is 1. The van der Waals surface area contributed by atoms with Gasteiger partial charge >= 0.3 is 18.2 Å². The summed E-state index contributed by atoms with van der Waals surface area (Å²) in [6.45, 7) is 6.22. The minimum Gasteiger partial charge on any atom is -0.475 e. The molecule has 1 aliphatic rings. The molecule has 0 aliphatic carbocycles. The molecule has 2 N–H and O–H groups in total. The van der Waals surface area contributed by atoms with Gasteiger partial charge in [0, 0.05) is 24.5 Å². The number of rotatable bonds is 1. The Bertz CT molecular complexity index is 601. The Balaban J connectivity index is 0.000000381. The Labute approximate surface area is 146 Å². The van der Waals surface area contributed by atoms with Gasteiger partial charge in [-0.25, -0.2) is 14.6 Å². The van der Waals surface area contributed by atoms with Gasteiger partial charge < -0.3 is 19.8 Å². The number of hydrogen-bond acceptors (Lipinski definition) is 6. The number of amides is 1. The van der Waals surface area contributed by atoms with E-state index >= 15 is 0 Å². The van der Waals surface area contributed by atoms with E-state index < -0.39 is 23.3 Å². The fraction of sp³-hybridized carbons (Fsp3) is 0.643. The lowest BCUT2D eigenvalue weighted by Crippen LogP contribution is -2.38. The number of carboxylic acids is 1. The van der Waals surface area contributed by atoms with Crippen LogP contribution in [0.1, 0.15) is 32.2 Å². The molecule has 1 saturated heterocycles. The van der Waals surface area contributed by atoms with Crippen LogP contribution in [-0.4, -0.2) is 57.0 Å². The van der Waals surface area contributed by atoms with Crippen LogP contribution in [0.25, 0.3) is 0 Å². The molecule has 1 amide bonds. The second kappa shape index (κ2) is 7.56. The summed E-state index contributed by atoms with van der Waals surface area (Å²) in [4.78, 5) is 26.5. The Morgan fingerprint density at radius 2 is 1.92 bits per heavy atom. The zero-order valence-corrected chi connectivity index (χ0v) is 14.6. The normalized spacial score (nSPS) is 20.7. The van der Waals surface area contributed by atoms with Gasteiger partial charge in [0.15, 0.2) is 0 Å². The maximum atomic E-state index is 11.9. The molecule has 1 aromatic rings. The second-order valence-electron chi connectivity index (χ2n) is 6.32. The van der Waals surface area contributed by atoms with Gasteiger partial charge in [-0.05, 0) is 20.8 Å². The standard InChI is InChI=1S/C12H18N2O3S.C2HF3O2/c1-11(2,3)17-10(15)14-6-4-12(16,8-14)9-13-5-7-18-9;3-2(4,5)1(6)7/h5,7,16H,4,6,8H2,1-3H3;(H,6,7). The molecule has 7 nitrogen and oxygen atoms in total. The van der Waals surface area contributed by atoms with Crippen LogP contribution in [-0.2, 0) is 15.1 Å². The Kier molecular flexibility index (Phi) is 6.40. The van der Waals surface area contributed by atoms with Gasteiger partial charge in [-0.1, -0.05) is 0 Å². The molecule has 1 atom stereocenters. The van der Waals surface area contributed by atoms with Gasteiger partial charge in [0.05, 0.1) is 6.54 Å². The summed E-state index contributed by atoms with van der Waals surface area (Å²) < 4.78 is 37.0. The molecule has 25 heavy (non-hydrogen) atoms. The highest BCUT2D eigenvalue weighted by atomic mass is 32.1. The summed E-state index contributed by atoms with van der Waals surface area (Å²) in [5.74, 6) is -2.76. The molecule has 0 aromatic carbocycles. The summed E-state index contributed by atoms with van der Waals surface area (Å²) >= 11 is 1.41. The van der Waals surface area contributed by atoms with Crippen molar-refractivity contribution in [3.63, 3.8) is 0 Å². The lowest BCUT2D eigenvalue weighted by Gasteiger charge is -2.25. The average molecular weight is 384 g/mol. The Morgan fingerprint density at radius 1 is 1.36 bits per heavy atom. The number of aliphatic carboxylic acids is 1. The number of halogens is 3. The molecule has 2 rings (SSSR count). The Hall–Kier alpha value is -1.88. The zero-order chi connectivity index (χ0) is 19.5. The number of aliphatic hydroxyl groups is 1. The molecule has 1 fully saturated rings. The number of aromatic nitrogens is 1. The van der Waals surface area contributed by atoms with Crippen LogP contribution in [0.4, 0.5) is 18.0 Å². The van der Waals surface area contributed by atoms with Crippen LogP contribution in [0.5, 0.6) is 0 Å². The summed E-state index contributed by atoms with van der Waals surface area (Å²) in [6, 6.07) is 0. The SMILES string of the molecule is CC(C)(C)OC(=O)N1CCC(O)(c2nccs2)C1.O=C(O)C(F)(F)F. The monoisotopic (exact) mass is 384 g/mol. The van der Waals surface area contributed by atoms with Crippen molar-refractivity contribution in [2.24, 2.45) is 0 Å². The molecule has 0 spiro atoms. The predicted molar refractivity (Wildman–Crippen MR) is 82.1 cm³/mol. The van der Waals surface area contributed by atoms with Crippen molar-refractivity contribution < 1.29 is 37.7 Å². The lowest BCUT2D eigenvalue weighted by atomic mass is 10.1. The van der Waals surface area contributed by atoms with Crippen LogP contribution in [0.3, 0.4) is 0 Å². The molecule has 1 unspecified atom stereocenters. The fourth-order valence-corrected chi connectivity index (χ4v) is 2.66. The first-order valence-corrected chi connectivity index (χ1v) is 8.03. The number of ether oxygens (including phenoxy) is 1. The number of likely N-dealkylation sites (tertiary alicyclic amines) is 1. The van der Waals surface area contributed by atoms with Crippen molar-refractivity contribution in [3.8, 4) is 0 Å². The molecule has 0 saturated carbocycles. The van der Waals surface area contributed by atoms with Crippen molar-refractivity contribution in [2.45, 2.75) is 44.6 Å². The molecule has 0 bridgehead atoms. The van der Waals surface area contributed by atoms with Crippen molar-refractivity contribution in [1.29, 1.82) is 0 Å². The summed E-state index contributed by atoms with van der Waals surface area (Å²) in [6.07, 6.45) is -3.30. The first-order valence-electron chi connectivity index (χ1n) is 7.15. The van der Waals surface area contributed by atoms with Gasteiger partial charge in [0.1, 0.15) is 16.2 Å². The molecule has 11 heteroatoms. The van der Waals surface area contributed by atoms with E-state index in [-0.39, 0.29) is 12.6 Å². The molecule has 1 aliphatic heterocycles. The number of carbonyl (C=O) groups is 2. The largest absolute Gasteiger partial charge is 0.490 e. The molecule has 2 heterocycles. The van der Waals surface area contributed by atoms with Crippen LogP contribution in [0.15, 0.2) is 11.6 Å². The number of alkyl halides is 3. The smallest absolute Gasteiger partial charge is 0.475 e. The van der Waals surface area contributed by atoms with Gasteiger partial charge in [-0.15, -0.1) is 11.3 Å². The van der Waals surface area contributed by atoms with Gasteiger partial charge in [-0.2, -0.15) is 13.2 Å². The van der Waals surface area contributed by atoms with Crippen molar-refractivity contribution in [2.75, 3.05) is 13.1 Å². The maximum absolute atomic E-state index is 11.9. The highest BCUT2D eigenvalue weighted by Crippen LogP contribution is 2.33. The van der Waals surface area contributed by atoms with E-state index in [4.69, 9.17) is 14.6 Å². The lowest BCUT2D eigenvalue weighted by molar-refractivity contribution is -0.192. The van der Waals surface area contributed by atoms with Crippen molar-refractivity contribution in [3.05, 3.63) is 16.6 Å². The number of nitrogens with zero attached hydrogens (tertiary/aromatic N) is 2. The molecular weight excluding hydrogens is 365 g/mol. The van der Waals surface area contributed by atoms with Crippen molar-refractivity contribution in [1.82, 2.24) is 9.88 Å². The average Bonchev–Trinajstić information content (AvgIpc) is 3.06. The number of thiazole rings is 1. The van der Waals surface area contributed by atoms with Crippen molar-refractivity contribution >= 4 is 23.4 Å². The van der Waals surface area contributed by atoms with E-state index in [0.717, 1.165) is 0 Å². The fourth-order valence-electron chi connectivity index (χ4n) is 1.90. The summed E-state index contributed by atoms with van der Waals surface area (Å²) in [7, 11) is 0. The number of hydrogen-bond donors (Lipinski definition) is 2. The Morgan fingerprint density at radius 3 is 2.32 bits per heavy atom. The van der Waals surface area contributed by atoms with Crippen LogP contribution in [0.2, 0.25) is 0 Å². The minimum absolute atomic E-state index is 0.245. The van der Waals surface area contributed by atoms with E-state index in [1.54, 1.807) is 6.20 Å². The summed E-state index contributed by atoms with van der Waals surface area (Å²) in [5, 5.41) is 20.1. The number of β-amino-alcohol motifs (C(OH)–C–C–N with tert-alkyl or cyclic N) is 1. The maximum Gasteiger partial charge on any atom is 0.490 e. The van der Waals surface area contributed by atoms with E-state index in [2.05, 4.69) is 4.98 Å². The van der Waals surface area contributed by atoms with E-state index in [9.17, 15) is 23.1 Å². The first kappa shape index (κ1) is 21.2. The molecule has 142 valence electrons. The molecule has 1 aromatic heterocycles. The van der Waals surface area contributed by atoms with E-state index in [0.29, 0.717) is 18.0 Å². The minimum atomic E-state index is -5.08. The quantitative estimate of drug-likeness (QED) is 0.772. The zero-order valence-electron chi connectivity index (χ0n) is 13.8. The third-order valence-corrected chi connectivity index (χ3v) is 3.94. The predicted octanol–water partition coefficient (Wildman–Crippen LogP) is 2.60. The topological polar surface area (TPSA) is 100.0 Å². The van der Waals surface area contributed by atoms with Crippen LogP contribution in [0, 0.1) is 0 Å². The molecular formula is C14H19F3N2O5S. The first-order chi connectivity index (χ1) is 11.2. The van der Waals surface area contributed by atoms with E-state index in [1.165, 1.54) is 16.2 Å². The third-order valence-electron chi connectivity index (χ3n) is 2.97. The number of carboxylic acid groups (broad SMARTS) is 1. The molecule has 0 radical (unpaired) electrons. The van der Waals surface area contributed by atoms with Gasteiger partial charge in [0.2, 0.25) is 0 Å². The summed E-state index contributed by atoms with van der Waals surface area (Å²) in [5.41, 5.74) is -1.54. The second-order valence-corrected chi connectivity index (χ2v) is 7.22. The van der Waals surface area contributed by atoms with Crippen LogP contribution < -0.4 is 0 Å². The van der Waals surface area contributed by atoms with Gasteiger partial charge in [-0.3, -0.25) is 0 Å². The van der Waals surface area contributed by atoms with E-state index in [1.807, 2.05) is 26.2 Å². The highest BCUT2D eigenvalue weighted by Gasteiger charge is 2.42.